The van der Waals surface area contributed by atoms with Crippen LogP contribution in [0.25, 0.3) is 0 Å². The van der Waals surface area contributed by atoms with E-state index in [2.05, 4.69) is 0 Å². The third kappa shape index (κ3) is 17.9. The quantitative estimate of drug-likeness (QED) is 0.132. The molecule has 0 aromatic carbocycles. The van der Waals surface area contributed by atoms with Crippen molar-refractivity contribution >= 4 is 87.5 Å². The molecule has 0 amide bonds. The largest absolute Gasteiger partial charge is 3.00 e. The fourth-order valence-electron chi connectivity index (χ4n) is 0.773. The van der Waals surface area contributed by atoms with Crippen molar-refractivity contribution in [3.05, 3.63) is 0 Å². The molecule has 0 aliphatic carbocycles. The van der Waals surface area contributed by atoms with E-state index in [1.54, 1.807) is 0 Å². The Bertz CT molecular complexity index is 498. The van der Waals surface area contributed by atoms with Gasteiger partial charge < -0.3 is 90.0 Å². The van der Waals surface area contributed by atoms with Crippen LogP contribution in [0.15, 0.2) is 0 Å². The Morgan fingerprint density at radius 1 is 0.344 bits per heavy atom. The molecular formula is C12H12In2O18. The minimum Gasteiger partial charge on any atom is -0.547 e. The molecule has 0 aromatic rings. The van der Waals surface area contributed by atoms with Crippen molar-refractivity contribution in [3.63, 3.8) is 0 Å². The molecule has 0 radical (unpaired) electrons. The zero-order valence-corrected chi connectivity index (χ0v) is 21.8. The number of rotatable bonds is 9. The Balaban J connectivity index is -0.000000110. The Morgan fingerprint density at radius 2 is 0.406 bits per heavy atom. The summed E-state index contributed by atoms with van der Waals surface area (Å²) in [4.78, 5) is 57.8. The smallest absolute Gasteiger partial charge is 0.547 e. The van der Waals surface area contributed by atoms with E-state index < -0.39 is 72.4 Å². The maximum atomic E-state index is 9.63. The van der Waals surface area contributed by atoms with Gasteiger partial charge in [0.1, 0.15) is 36.6 Å². The maximum absolute atomic E-state index is 9.63. The van der Waals surface area contributed by atoms with Crippen LogP contribution in [0, 0.1) is 0 Å². The van der Waals surface area contributed by atoms with E-state index in [-0.39, 0.29) is 51.7 Å². The van der Waals surface area contributed by atoms with Crippen LogP contribution in [-0.4, -0.2) is 155 Å². The van der Waals surface area contributed by atoms with Crippen LogP contribution in [0.3, 0.4) is 0 Å². The van der Waals surface area contributed by atoms with Crippen molar-refractivity contribution in [1.29, 1.82) is 0 Å². The van der Waals surface area contributed by atoms with Crippen LogP contribution >= 0.6 is 0 Å². The summed E-state index contributed by atoms with van der Waals surface area (Å²) in [6.45, 7) is 0. The van der Waals surface area contributed by atoms with Gasteiger partial charge in [-0.3, -0.25) is 0 Å². The van der Waals surface area contributed by atoms with Crippen molar-refractivity contribution < 1.29 is 90.0 Å². The van der Waals surface area contributed by atoms with Crippen molar-refractivity contribution in [1.82, 2.24) is 0 Å². The van der Waals surface area contributed by atoms with Gasteiger partial charge in [0.2, 0.25) is 0 Å². The number of carbonyl (C=O) groups excluding carboxylic acids is 6. The molecule has 6 N–H and O–H groups in total. The maximum Gasteiger partial charge on any atom is 3.00 e. The summed E-state index contributed by atoms with van der Waals surface area (Å²) < 4.78 is 0. The summed E-state index contributed by atoms with van der Waals surface area (Å²) >= 11 is 0. The van der Waals surface area contributed by atoms with Gasteiger partial charge in [0.25, 0.3) is 0 Å². The van der Waals surface area contributed by atoms with Crippen molar-refractivity contribution in [2.75, 3.05) is 0 Å². The van der Waals surface area contributed by atoms with Gasteiger partial charge >= 0.3 is 51.7 Å². The zero-order valence-electron chi connectivity index (χ0n) is 15.2. The number of carbonyl (C=O) groups is 6. The molecule has 0 fully saturated rings. The second-order valence-corrected chi connectivity index (χ2v) is 4.58. The van der Waals surface area contributed by atoms with Gasteiger partial charge in [-0.2, -0.15) is 0 Å². The summed E-state index contributed by atoms with van der Waals surface area (Å²) in [5.41, 5.74) is 0. The molecule has 0 rings (SSSR count). The molecule has 174 valence electrons. The molecule has 0 aromatic heterocycles. The third-order valence-corrected chi connectivity index (χ3v) is 2.35. The molecule has 18 nitrogen and oxygen atoms in total. The van der Waals surface area contributed by atoms with E-state index in [1.807, 2.05) is 0 Å². The zero-order chi connectivity index (χ0) is 24.9. The second kappa shape index (κ2) is 20.0. The van der Waals surface area contributed by atoms with Gasteiger partial charge in [0.15, 0.2) is 0 Å². The van der Waals surface area contributed by atoms with Crippen molar-refractivity contribution in [2.45, 2.75) is 36.6 Å². The average molecular weight is 674 g/mol. The monoisotopic (exact) mass is 674 g/mol. The van der Waals surface area contributed by atoms with Crippen LogP contribution in [-0.2, 0) is 28.8 Å². The van der Waals surface area contributed by atoms with Crippen molar-refractivity contribution in [2.24, 2.45) is 0 Å². The number of hydrogen-bond donors (Lipinski definition) is 6. The van der Waals surface area contributed by atoms with Crippen LogP contribution in [0.4, 0.5) is 0 Å². The number of carboxylic acid groups (broad SMARTS) is 6. The topological polar surface area (TPSA) is 362 Å². The SMILES string of the molecule is O=C([O-])C(O)C(O)C(=O)[O-].O=C([O-])C(O)C(O)C(=O)[O-].O=C([O-])C(O)C(O)C(=O)[O-].[In+3].[In+3]. The van der Waals surface area contributed by atoms with E-state index in [0.29, 0.717) is 0 Å². The predicted octanol–water partition coefficient (Wildman–Crippen LogP) is -15.1. The standard InChI is InChI=1S/3C4H6O6.2In/c3*5-1(3(7)8)2(6)4(9)10;;/h3*1-2,5-6H,(H,7,8)(H,9,10);;/q;;;2*+3/p-6. The van der Waals surface area contributed by atoms with Gasteiger partial charge in [-0.05, 0) is 0 Å². The van der Waals surface area contributed by atoms with Gasteiger partial charge in [0, 0.05) is 0 Å². The molecule has 0 aliphatic rings. The van der Waals surface area contributed by atoms with E-state index in [0.717, 1.165) is 0 Å². The molecule has 6 atom stereocenters. The third-order valence-electron chi connectivity index (χ3n) is 2.35. The van der Waals surface area contributed by atoms with Gasteiger partial charge in [-0.25, -0.2) is 0 Å². The molecule has 0 bridgehead atoms. The fourth-order valence-corrected chi connectivity index (χ4v) is 0.773. The summed E-state index contributed by atoms with van der Waals surface area (Å²) in [6.07, 6.45) is -14.6. The number of carboxylic acids is 6. The molecule has 6 unspecified atom stereocenters. The molecule has 0 saturated carbocycles. The van der Waals surface area contributed by atoms with Crippen molar-refractivity contribution in [3.8, 4) is 0 Å². The number of aliphatic carboxylic acids is 6. The Kier molecular flexibility index (Phi) is 25.4. The minimum atomic E-state index is -2.44. The van der Waals surface area contributed by atoms with E-state index in [4.69, 9.17) is 30.6 Å². The Labute approximate surface area is 213 Å². The molecule has 32 heavy (non-hydrogen) atoms. The first-order valence-electron chi connectivity index (χ1n) is 6.73. The van der Waals surface area contributed by atoms with Crippen LogP contribution < -0.4 is 30.6 Å². The van der Waals surface area contributed by atoms with Gasteiger partial charge in [0.05, 0.1) is 35.8 Å². The average Bonchev–Trinajstić information content (AvgIpc) is 2.64. The Morgan fingerprint density at radius 3 is 0.438 bits per heavy atom. The van der Waals surface area contributed by atoms with Crippen LogP contribution in [0.2, 0.25) is 0 Å². The molecule has 0 spiro atoms. The number of hydrogen-bond acceptors (Lipinski definition) is 18. The molecular weight excluding hydrogens is 662 g/mol. The van der Waals surface area contributed by atoms with Gasteiger partial charge in [-0.1, -0.05) is 0 Å². The summed E-state index contributed by atoms with van der Waals surface area (Å²) in [5, 5.41) is 107. The summed E-state index contributed by atoms with van der Waals surface area (Å²) in [7, 11) is 0. The molecule has 0 aliphatic heterocycles. The van der Waals surface area contributed by atoms with Crippen LogP contribution in [0.5, 0.6) is 0 Å². The van der Waals surface area contributed by atoms with Gasteiger partial charge in [-0.15, -0.1) is 0 Å². The van der Waals surface area contributed by atoms with E-state index in [9.17, 15) is 59.4 Å². The van der Waals surface area contributed by atoms with E-state index in [1.165, 1.54) is 0 Å². The fraction of sp³-hybridized carbons (Fsp3) is 0.500. The second-order valence-electron chi connectivity index (χ2n) is 4.58. The predicted molar refractivity (Wildman–Crippen MR) is 77.6 cm³/mol. The van der Waals surface area contributed by atoms with E-state index >= 15 is 0 Å². The first-order chi connectivity index (χ1) is 13.4. The molecule has 0 heterocycles. The Hall–Kier alpha value is -1.68. The number of aliphatic hydroxyl groups excluding tert-OH is 6. The first-order valence-corrected chi connectivity index (χ1v) is 6.73. The number of aliphatic hydroxyl groups is 6. The molecule has 20 heteroatoms. The molecule has 0 saturated heterocycles. The van der Waals surface area contributed by atoms with Crippen LogP contribution in [0.1, 0.15) is 0 Å². The first kappa shape index (κ1) is 40.7. The summed E-state index contributed by atoms with van der Waals surface area (Å²) in [5.74, 6) is -12.4. The normalized spacial score (nSPS) is 14.8. The minimum absolute atomic E-state index is 0. The summed E-state index contributed by atoms with van der Waals surface area (Å²) in [6, 6.07) is 0.